The molecule has 0 saturated carbocycles. The van der Waals surface area contributed by atoms with Crippen LogP contribution in [0.1, 0.15) is 47.1 Å². The van der Waals surface area contributed by atoms with Crippen LogP contribution >= 0.6 is 12.6 Å². The second-order valence-corrected chi connectivity index (χ2v) is 1.96. The SMILES string of the molecule is CC.CC.CC.SCc1ccccc1. The van der Waals surface area contributed by atoms with Crippen molar-refractivity contribution in [3.8, 4) is 0 Å². The number of benzene rings is 1. The van der Waals surface area contributed by atoms with E-state index in [0.29, 0.717) is 0 Å². The first-order chi connectivity index (χ1) is 6.93. The van der Waals surface area contributed by atoms with Crippen molar-refractivity contribution in [3.63, 3.8) is 0 Å². The molecule has 0 saturated heterocycles. The van der Waals surface area contributed by atoms with Gasteiger partial charge in [-0.2, -0.15) is 12.6 Å². The smallest absolute Gasteiger partial charge is 0.0154 e. The Labute approximate surface area is 96.2 Å². The molecule has 0 N–H and O–H groups in total. The van der Waals surface area contributed by atoms with E-state index in [1.165, 1.54) is 5.56 Å². The number of hydrogen-bond acceptors (Lipinski definition) is 1. The topological polar surface area (TPSA) is 0 Å². The maximum absolute atomic E-state index is 4.11. The summed E-state index contributed by atoms with van der Waals surface area (Å²) in [6.45, 7) is 12.0. The summed E-state index contributed by atoms with van der Waals surface area (Å²) in [5, 5.41) is 0. The molecular formula is C13H26S. The summed E-state index contributed by atoms with van der Waals surface area (Å²) in [6.07, 6.45) is 0. The molecule has 0 unspecified atom stereocenters. The fourth-order valence-electron chi connectivity index (χ4n) is 0.583. The van der Waals surface area contributed by atoms with Crippen molar-refractivity contribution in [3.05, 3.63) is 35.9 Å². The van der Waals surface area contributed by atoms with Crippen molar-refractivity contribution in [2.24, 2.45) is 0 Å². The quantitative estimate of drug-likeness (QED) is 0.611. The van der Waals surface area contributed by atoms with Crippen LogP contribution in [0.3, 0.4) is 0 Å². The third-order valence-corrected chi connectivity index (χ3v) is 1.39. The predicted octanol–water partition coefficient (Wildman–Crippen LogP) is 5.20. The van der Waals surface area contributed by atoms with Crippen molar-refractivity contribution < 1.29 is 0 Å². The van der Waals surface area contributed by atoms with Crippen LogP contribution < -0.4 is 0 Å². The minimum atomic E-state index is 0.834. The van der Waals surface area contributed by atoms with Crippen molar-refractivity contribution in [1.82, 2.24) is 0 Å². The van der Waals surface area contributed by atoms with Crippen molar-refractivity contribution >= 4 is 12.6 Å². The fourth-order valence-corrected chi connectivity index (χ4v) is 0.794. The van der Waals surface area contributed by atoms with Crippen LogP contribution in [0.5, 0.6) is 0 Å². The summed E-state index contributed by atoms with van der Waals surface area (Å²) in [6, 6.07) is 10.2. The molecule has 1 heteroatoms. The highest BCUT2D eigenvalue weighted by molar-refractivity contribution is 7.79. The molecule has 0 bridgehead atoms. The van der Waals surface area contributed by atoms with E-state index in [1.54, 1.807) is 0 Å². The van der Waals surface area contributed by atoms with Crippen molar-refractivity contribution in [2.45, 2.75) is 47.3 Å². The Morgan fingerprint density at radius 2 is 1.14 bits per heavy atom. The highest BCUT2D eigenvalue weighted by atomic mass is 32.1. The molecule has 0 aliphatic heterocycles. The zero-order chi connectivity index (χ0) is 11.8. The molecule has 0 radical (unpaired) electrons. The Morgan fingerprint density at radius 1 is 0.786 bits per heavy atom. The van der Waals surface area contributed by atoms with E-state index >= 15 is 0 Å². The third-order valence-electron chi connectivity index (χ3n) is 1.03. The first kappa shape index (κ1) is 19.2. The average molecular weight is 214 g/mol. The van der Waals surface area contributed by atoms with Crippen LogP contribution in [0, 0.1) is 0 Å². The van der Waals surface area contributed by atoms with Gasteiger partial charge in [0.1, 0.15) is 0 Å². The second kappa shape index (κ2) is 22.9. The van der Waals surface area contributed by atoms with E-state index in [4.69, 9.17) is 0 Å². The minimum absolute atomic E-state index is 0.834. The molecule has 0 aliphatic rings. The summed E-state index contributed by atoms with van der Waals surface area (Å²) in [5.41, 5.74) is 1.27. The maximum atomic E-state index is 4.11. The number of rotatable bonds is 1. The third kappa shape index (κ3) is 14.1. The van der Waals surface area contributed by atoms with E-state index < -0.39 is 0 Å². The molecule has 0 nitrogen and oxygen atoms in total. The Hall–Kier alpha value is -0.430. The van der Waals surface area contributed by atoms with Crippen LogP contribution in [-0.4, -0.2) is 0 Å². The van der Waals surface area contributed by atoms with Crippen molar-refractivity contribution in [1.29, 1.82) is 0 Å². The van der Waals surface area contributed by atoms with Gasteiger partial charge in [0.05, 0.1) is 0 Å². The van der Waals surface area contributed by atoms with Crippen LogP contribution in [-0.2, 0) is 5.75 Å². The van der Waals surface area contributed by atoms with Crippen molar-refractivity contribution in [2.75, 3.05) is 0 Å². The molecule has 1 aromatic rings. The van der Waals surface area contributed by atoms with Gasteiger partial charge in [0.25, 0.3) is 0 Å². The van der Waals surface area contributed by atoms with E-state index in [1.807, 2.05) is 59.7 Å². The van der Waals surface area contributed by atoms with E-state index in [2.05, 4.69) is 24.8 Å². The van der Waals surface area contributed by atoms with Crippen LogP contribution in [0.25, 0.3) is 0 Å². The highest BCUT2D eigenvalue weighted by Crippen LogP contribution is 2.00. The Balaban J connectivity index is -0.000000174. The number of hydrogen-bond donors (Lipinski definition) is 1. The van der Waals surface area contributed by atoms with Gasteiger partial charge in [-0.3, -0.25) is 0 Å². The van der Waals surface area contributed by atoms with Gasteiger partial charge >= 0.3 is 0 Å². The molecule has 1 aromatic carbocycles. The molecule has 0 heterocycles. The Morgan fingerprint density at radius 3 is 1.36 bits per heavy atom. The lowest BCUT2D eigenvalue weighted by Crippen LogP contribution is -1.71. The number of thiol groups is 1. The summed E-state index contributed by atoms with van der Waals surface area (Å²) in [4.78, 5) is 0. The Kier molecular flexibility index (Phi) is 31.4. The van der Waals surface area contributed by atoms with E-state index in [0.717, 1.165) is 5.75 Å². The maximum Gasteiger partial charge on any atom is 0.0154 e. The van der Waals surface area contributed by atoms with Crippen LogP contribution in [0.2, 0.25) is 0 Å². The van der Waals surface area contributed by atoms with Crippen LogP contribution in [0.4, 0.5) is 0 Å². The zero-order valence-electron chi connectivity index (χ0n) is 10.5. The molecule has 84 valence electrons. The minimum Gasteiger partial charge on any atom is -0.175 e. The summed E-state index contributed by atoms with van der Waals surface area (Å²) < 4.78 is 0. The lowest BCUT2D eigenvalue weighted by molar-refractivity contribution is 1.43. The van der Waals surface area contributed by atoms with Gasteiger partial charge in [0.15, 0.2) is 0 Å². The largest absolute Gasteiger partial charge is 0.175 e. The molecule has 0 spiro atoms. The lowest BCUT2D eigenvalue weighted by atomic mass is 10.2. The fraction of sp³-hybridized carbons (Fsp3) is 0.538. The molecule has 0 fully saturated rings. The predicted molar refractivity (Wildman–Crippen MR) is 73.2 cm³/mol. The summed E-state index contributed by atoms with van der Waals surface area (Å²) in [7, 11) is 0. The molecule has 1 rings (SSSR count). The molecule has 0 amide bonds. The summed E-state index contributed by atoms with van der Waals surface area (Å²) in [5.74, 6) is 0.834. The van der Waals surface area contributed by atoms with Gasteiger partial charge in [-0.05, 0) is 5.56 Å². The monoisotopic (exact) mass is 214 g/mol. The van der Waals surface area contributed by atoms with Crippen LogP contribution in [0.15, 0.2) is 30.3 Å². The first-order valence-electron chi connectivity index (χ1n) is 5.58. The van der Waals surface area contributed by atoms with Gasteiger partial charge in [-0.15, -0.1) is 0 Å². The normalized spacial score (nSPS) is 6.50. The van der Waals surface area contributed by atoms with E-state index in [-0.39, 0.29) is 0 Å². The molecule has 0 atom stereocenters. The molecule has 14 heavy (non-hydrogen) atoms. The standard InChI is InChI=1S/C7H8S.3C2H6/c8-6-7-4-2-1-3-5-7;3*1-2/h1-5,8H,6H2;3*1-2H3. The zero-order valence-corrected chi connectivity index (χ0v) is 11.4. The second-order valence-electron chi connectivity index (χ2n) is 1.64. The first-order valence-corrected chi connectivity index (χ1v) is 6.21. The lowest BCUT2D eigenvalue weighted by Gasteiger charge is -1.89. The van der Waals surface area contributed by atoms with Gasteiger partial charge in [-0.25, -0.2) is 0 Å². The summed E-state index contributed by atoms with van der Waals surface area (Å²) >= 11 is 4.11. The highest BCUT2D eigenvalue weighted by Gasteiger charge is 1.80. The van der Waals surface area contributed by atoms with Gasteiger partial charge in [-0.1, -0.05) is 71.9 Å². The molecular weight excluding hydrogens is 188 g/mol. The van der Waals surface area contributed by atoms with Gasteiger partial charge in [0.2, 0.25) is 0 Å². The molecule has 0 aromatic heterocycles. The van der Waals surface area contributed by atoms with E-state index in [9.17, 15) is 0 Å². The van der Waals surface area contributed by atoms with Gasteiger partial charge < -0.3 is 0 Å². The average Bonchev–Trinajstić information content (AvgIpc) is 2.37. The van der Waals surface area contributed by atoms with Gasteiger partial charge in [0, 0.05) is 5.75 Å². The Bertz CT molecular complexity index is 147. The molecule has 0 aliphatic carbocycles.